The summed E-state index contributed by atoms with van der Waals surface area (Å²) in [5, 5.41) is 52.2. The van der Waals surface area contributed by atoms with Gasteiger partial charge in [0.2, 0.25) is 0 Å². The molecule has 20 nitrogen and oxygen atoms in total. The second kappa shape index (κ2) is 25.6. The predicted molar refractivity (Wildman–Crippen MR) is 230 cm³/mol. The topological polar surface area (TPSA) is 256 Å². The molecular formula is C43H65F3N6O14. The second-order valence-electron chi connectivity index (χ2n) is 16.4. The summed E-state index contributed by atoms with van der Waals surface area (Å²) in [4.78, 5) is 51.2. The summed E-state index contributed by atoms with van der Waals surface area (Å²) in [5.74, 6) is -0.0186. The first-order valence-corrected chi connectivity index (χ1v) is 21.8. The van der Waals surface area contributed by atoms with Crippen LogP contribution >= 0.6 is 0 Å². The van der Waals surface area contributed by atoms with E-state index in [2.05, 4.69) is 23.8 Å². The van der Waals surface area contributed by atoms with E-state index in [0.29, 0.717) is 60.6 Å². The molecule has 0 bridgehead atoms. The zero-order valence-corrected chi connectivity index (χ0v) is 37.7. The molecule has 5 aliphatic heterocycles. The van der Waals surface area contributed by atoms with Gasteiger partial charge >= 0.3 is 5.69 Å². The van der Waals surface area contributed by atoms with Crippen molar-refractivity contribution in [2.24, 2.45) is 5.92 Å². The third-order valence-electron chi connectivity index (χ3n) is 11.5. The molecule has 3 fully saturated rings. The molecule has 0 spiro atoms. The largest absolute Gasteiger partial charge is 0.394 e. The van der Waals surface area contributed by atoms with Gasteiger partial charge in [0.15, 0.2) is 0 Å². The van der Waals surface area contributed by atoms with Gasteiger partial charge < -0.3 is 69.7 Å². The molecule has 5 aliphatic rings. The van der Waals surface area contributed by atoms with Crippen LogP contribution in [0, 0.1) is 12.8 Å². The first kappa shape index (κ1) is 54.2. The molecule has 3 saturated heterocycles. The van der Waals surface area contributed by atoms with E-state index < -0.39 is 86.3 Å². The molecule has 5 unspecified atom stereocenters. The van der Waals surface area contributed by atoms with Crippen molar-refractivity contribution in [2.75, 3.05) is 53.1 Å². The number of aromatic nitrogens is 2. The van der Waals surface area contributed by atoms with Gasteiger partial charge in [0, 0.05) is 73.6 Å². The fraction of sp³-hybridized carbons (Fsp3) is 0.674. The van der Waals surface area contributed by atoms with Crippen molar-refractivity contribution >= 4 is 11.8 Å². The average Bonchev–Trinajstić information content (AvgIpc) is 4.03. The van der Waals surface area contributed by atoms with Crippen molar-refractivity contribution in [2.45, 2.75) is 128 Å². The van der Waals surface area contributed by atoms with Crippen LogP contribution in [0.25, 0.3) is 0 Å². The van der Waals surface area contributed by atoms with Gasteiger partial charge in [-0.05, 0) is 33.6 Å². The third kappa shape index (κ3) is 13.8. The number of halogens is 3. The summed E-state index contributed by atoms with van der Waals surface area (Å²) in [6, 6.07) is 0. The lowest BCUT2D eigenvalue weighted by molar-refractivity contribution is -0.119. The van der Waals surface area contributed by atoms with Crippen LogP contribution in [-0.2, 0) is 39.8 Å². The van der Waals surface area contributed by atoms with Gasteiger partial charge in [-0.15, -0.1) is 0 Å². The number of aryl methyl sites for hydroxylation is 1. The van der Waals surface area contributed by atoms with E-state index in [0.717, 1.165) is 4.57 Å². The zero-order valence-electron chi connectivity index (χ0n) is 37.7. The minimum absolute atomic E-state index is 0.00501. The van der Waals surface area contributed by atoms with Gasteiger partial charge in [0.05, 0.1) is 58.1 Å². The summed E-state index contributed by atoms with van der Waals surface area (Å²) in [5.41, 5.74) is 0.352. The highest BCUT2D eigenvalue weighted by Crippen LogP contribution is 2.31. The smallest absolute Gasteiger partial charge is 0.333 e. The van der Waals surface area contributed by atoms with Crippen LogP contribution in [0.2, 0.25) is 0 Å². The number of alkyl halides is 3. The predicted octanol–water partition coefficient (Wildman–Crippen LogP) is 0.216. The van der Waals surface area contributed by atoms with Crippen molar-refractivity contribution in [3.8, 4) is 0 Å². The lowest BCUT2D eigenvalue weighted by atomic mass is 10.1. The van der Waals surface area contributed by atoms with Crippen molar-refractivity contribution in [3.63, 3.8) is 0 Å². The first-order chi connectivity index (χ1) is 31.4. The molecule has 0 saturated carbocycles. The van der Waals surface area contributed by atoms with E-state index >= 15 is 0 Å². The highest BCUT2D eigenvalue weighted by atomic mass is 19.1. The Morgan fingerprint density at radius 2 is 1.30 bits per heavy atom. The molecule has 6 rings (SSSR count). The molecule has 0 aromatic carbocycles. The Morgan fingerprint density at radius 3 is 1.76 bits per heavy atom. The van der Waals surface area contributed by atoms with Gasteiger partial charge in [-0.25, -0.2) is 9.18 Å². The summed E-state index contributed by atoms with van der Waals surface area (Å²) in [7, 11) is 0. The minimum Gasteiger partial charge on any atom is -0.394 e. The Kier molecular flexibility index (Phi) is 21.0. The maximum Gasteiger partial charge on any atom is 0.333 e. The number of ether oxygens (including phenoxy) is 5. The number of carbonyl (C=O) groups excluding carboxylic acids is 2. The van der Waals surface area contributed by atoms with Crippen LogP contribution in [0.4, 0.5) is 13.2 Å². The Labute approximate surface area is 380 Å². The van der Waals surface area contributed by atoms with Crippen LogP contribution in [0.15, 0.2) is 64.1 Å². The van der Waals surface area contributed by atoms with Crippen LogP contribution in [0.3, 0.4) is 0 Å². The Balaban J connectivity index is 0.000000217. The molecule has 372 valence electrons. The molecule has 1 aromatic rings. The Hall–Kier alpha value is -4.43. The lowest BCUT2D eigenvalue weighted by Crippen LogP contribution is -2.43. The first-order valence-electron chi connectivity index (χ1n) is 21.8. The number of amides is 2. The van der Waals surface area contributed by atoms with Crippen LogP contribution in [-0.4, -0.2) is 165 Å². The van der Waals surface area contributed by atoms with E-state index in [-0.39, 0.29) is 63.5 Å². The molecule has 1 aromatic heterocycles. The number of aliphatic hydroxyl groups excluding tert-OH is 5. The number of nitrogens with zero attached hydrogens (tertiary/aromatic N) is 4. The third-order valence-corrected chi connectivity index (χ3v) is 11.5. The number of carbonyl (C=O) groups is 2. The van der Waals surface area contributed by atoms with Gasteiger partial charge in [-0.3, -0.25) is 32.3 Å². The number of rotatable bonds is 18. The average molecular weight is 947 g/mol. The van der Waals surface area contributed by atoms with Crippen LogP contribution in [0.1, 0.15) is 64.7 Å². The lowest BCUT2D eigenvalue weighted by Gasteiger charge is -2.32. The zero-order chi connectivity index (χ0) is 48.8. The van der Waals surface area contributed by atoms with E-state index in [4.69, 9.17) is 28.8 Å². The van der Waals surface area contributed by atoms with Gasteiger partial charge in [-0.2, -0.15) is 0 Å². The summed E-state index contributed by atoms with van der Waals surface area (Å²) >= 11 is 0. The monoisotopic (exact) mass is 946 g/mol. The Morgan fingerprint density at radius 1 is 0.788 bits per heavy atom. The molecule has 0 aliphatic carbocycles. The molecule has 0 radical (unpaired) electrons. The SMILES string of the molecule is C=C1NC(=O)C(C)=CN1[C@H]1CC(OCC(O)CF)[C@@H](CO)O1.C=C1NC(=O)C(C)=CN1[C@H]1CC(OCCCF)[C@@H](CO)O1.CCC(CF)Cn1c(=O)c(C)cn([C@H]2CC(O)[C@@H](CO)O2)c1=O. The molecule has 6 heterocycles. The Bertz CT molecular complexity index is 2000. The highest BCUT2D eigenvalue weighted by Gasteiger charge is 2.42. The number of hydrogen-bond acceptors (Lipinski definition) is 16. The fourth-order valence-corrected chi connectivity index (χ4v) is 7.50. The number of hydrogen-bond donors (Lipinski definition) is 7. The van der Waals surface area contributed by atoms with Gasteiger partial charge in [0.1, 0.15) is 61.4 Å². The molecule has 2 amide bonds. The van der Waals surface area contributed by atoms with Crippen molar-refractivity contribution < 1.29 is 72.0 Å². The van der Waals surface area contributed by atoms with E-state index in [1.54, 1.807) is 49.9 Å². The standard InChI is InChI=1S/C15H23FN2O5.C14H21FN2O5.C14H21FN2O4/c1-3-10(5-16)7-18-14(21)9(2)6-17(15(18)22)13-4-11(20)12(8-19)23-13;1-8-5-17(9(2)16-14(8)20)13-3-11(12(6-18)22-13)21-7-10(19)4-15;1-9-7-17(10(2)16-14(9)19)13-6-11(12(8-18)21-13)20-5-3-4-15/h6,10-13,19-20H,3-5,7-8H2,1-2H3;5,10-13,18-19H,2-4,6-7H2,1H3,(H,16,20);7,11-13,18H,2-6,8H2,1H3,(H,16,19)/t2*10?,11?,12-,13-;11?,12-,13-/m111/s1. The van der Waals surface area contributed by atoms with Gasteiger partial charge in [-0.1, -0.05) is 20.1 Å². The van der Waals surface area contributed by atoms with Crippen LogP contribution < -0.4 is 21.9 Å². The minimum atomic E-state index is -1.19. The number of aliphatic hydroxyl groups is 5. The van der Waals surface area contributed by atoms with E-state index in [1.807, 2.05) is 0 Å². The van der Waals surface area contributed by atoms with Crippen LogP contribution in [0.5, 0.6) is 0 Å². The summed E-state index contributed by atoms with van der Waals surface area (Å²) in [6.07, 6.45) is 0.301. The van der Waals surface area contributed by atoms with Crippen molar-refractivity contribution in [1.29, 1.82) is 0 Å². The number of nitrogens with one attached hydrogen (secondary N) is 2. The van der Waals surface area contributed by atoms with E-state index in [9.17, 15) is 52.8 Å². The van der Waals surface area contributed by atoms with Crippen molar-refractivity contribution in [3.05, 3.63) is 80.9 Å². The quantitative estimate of drug-likeness (QED) is 0.0972. The van der Waals surface area contributed by atoms with Crippen molar-refractivity contribution in [1.82, 2.24) is 29.6 Å². The highest BCUT2D eigenvalue weighted by molar-refractivity contribution is 5.95. The normalized spacial score (nSPS) is 28.5. The molecule has 7 N–H and O–H groups in total. The summed E-state index contributed by atoms with van der Waals surface area (Å²) < 4.78 is 67.5. The molecule has 11 atom stereocenters. The molecular weight excluding hydrogens is 881 g/mol. The maximum absolute atomic E-state index is 12.9. The molecule has 66 heavy (non-hydrogen) atoms. The maximum atomic E-state index is 12.9. The van der Waals surface area contributed by atoms with E-state index in [1.165, 1.54) is 10.8 Å². The summed E-state index contributed by atoms with van der Waals surface area (Å²) in [6.45, 7) is 11.7. The van der Waals surface area contributed by atoms with Gasteiger partial charge in [0.25, 0.3) is 17.4 Å². The molecule has 23 heteroatoms. The fourth-order valence-electron chi connectivity index (χ4n) is 7.50. The second-order valence-corrected chi connectivity index (χ2v) is 16.4.